The number of ether oxygens (including phenoxy) is 2. The fourth-order valence-corrected chi connectivity index (χ4v) is 5.25. The Morgan fingerprint density at radius 2 is 1.97 bits per heavy atom. The average Bonchev–Trinajstić information content (AvgIpc) is 3.07. The highest BCUT2D eigenvalue weighted by Gasteiger charge is 2.37. The Labute approximate surface area is 204 Å². The molecule has 1 fully saturated rings. The molecule has 0 radical (unpaired) electrons. The number of methoxy groups -OCH3 is 1. The van der Waals surface area contributed by atoms with Gasteiger partial charge < -0.3 is 14.4 Å². The Morgan fingerprint density at radius 3 is 2.70 bits per heavy atom. The van der Waals surface area contributed by atoms with Gasteiger partial charge >= 0.3 is 0 Å². The summed E-state index contributed by atoms with van der Waals surface area (Å²) in [5, 5.41) is -0.450. The van der Waals surface area contributed by atoms with Crippen molar-refractivity contribution in [3.05, 3.63) is 62.5 Å². The van der Waals surface area contributed by atoms with Crippen LogP contribution in [0.3, 0.4) is 0 Å². The van der Waals surface area contributed by atoms with Gasteiger partial charge in [-0.15, -0.1) is 0 Å². The Hall–Kier alpha value is -2.78. The molecule has 3 amide bonds. The summed E-state index contributed by atoms with van der Waals surface area (Å²) >= 11 is 4.29. The molecule has 0 bridgehead atoms. The quantitative estimate of drug-likeness (QED) is 0.512. The first-order chi connectivity index (χ1) is 15.9. The van der Waals surface area contributed by atoms with Gasteiger partial charge in [0.1, 0.15) is 6.54 Å². The maximum absolute atomic E-state index is 12.9. The molecule has 172 valence electrons. The number of carbonyl (C=O) groups is 3. The van der Waals surface area contributed by atoms with Crippen molar-refractivity contribution in [1.29, 1.82) is 0 Å². The Kier molecular flexibility index (Phi) is 7.09. The van der Waals surface area contributed by atoms with Crippen molar-refractivity contribution in [3.8, 4) is 11.5 Å². The molecule has 7 nitrogen and oxygen atoms in total. The SMILES string of the molecule is CCOc1c(Br)cc(/C=C2/SC(=O)N(CC(=O)N3CCc4ccccc4C3)C2=O)cc1OC. The van der Waals surface area contributed by atoms with E-state index in [1.54, 1.807) is 23.1 Å². The van der Waals surface area contributed by atoms with Crippen LogP contribution in [-0.4, -0.2) is 53.7 Å². The third kappa shape index (κ3) is 4.94. The first kappa shape index (κ1) is 23.4. The minimum Gasteiger partial charge on any atom is -0.493 e. The van der Waals surface area contributed by atoms with Gasteiger partial charge in [0, 0.05) is 13.1 Å². The van der Waals surface area contributed by atoms with Crippen LogP contribution in [0.4, 0.5) is 4.79 Å². The maximum Gasteiger partial charge on any atom is 0.294 e. The second kappa shape index (κ2) is 10.0. The first-order valence-electron chi connectivity index (χ1n) is 10.5. The summed E-state index contributed by atoms with van der Waals surface area (Å²) in [5.74, 6) is 0.370. The number of halogens is 1. The minimum atomic E-state index is -0.472. The van der Waals surface area contributed by atoms with Crippen molar-refractivity contribution >= 4 is 50.8 Å². The zero-order valence-electron chi connectivity index (χ0n) is 18.3. The summed E-state index contributed by atoms with van der Waals surface area (Å²) in [6.07, 6.45) is 2.38. The summed E-state index contributed by atoms with van der Waals surface area (Å²) in [4.78, 5) is 41.3. The molecule has 2 aromatic rings. The van der Waals surface area contributed by atoms with E-state index in [2.05, 4.69) is 22.0 Å². The summed E-state index contributed by atoms with van der Waals surface area (Å²) in [6, 6.07) is 11.5. The topological polar surface area (TPSA) is 76.2 Å². The van der Waals surface area contributed by atoms with Crippen LogP contribution in [0.2, 0.25) is 0 Å². The lowest BCUT2D eigenvalue weighted by Crippen LogP contribution is -2.44. The minimum absolute atomic E-state index is 0.237. The van der Waals surface area contributed by atoms with Gasteiger partial charge in [-0.3, -0.25) is 19.3 Å². The molecule has 0 aliphatic carbocycles. The number of hydrogen-bond donors (Lipinski definition) is 0. The standard InChI is InChI=1S/C24H23BrN2O5S/c1-3-32-22-18(25)10-15(11-19(22)31-2)12-20-23(29)27(24(30)33-20)14-21(28)26-9-8-16-6-4-5-7-17(16)13-26/h4-7,10-12H,3,8-9,13-14H2,1-2H3/b20-12+. The molecule has 0 atom stereocenters. The molecule has 0 spiro atoms. The number of fused-ring (bicyclic) bond motifs is 1. The zero-order valence-corrected chi connectivity index (χ0v) is 20.7. The van der Waals surface area contributed by atoms with Gasteiger partial charge in [0.05, 0.1) is 23.1 Å². The van der Waals surface area contributed by atoms with E-state index in [1.165, 1.54) is 12.7 Å². The van der Waals surface area contributed by atoms with Crippen molar-refractivity contribution in [2.75, 3.05) is 26.8 Å². The lowest BCUT2D eigenvalue weighted by atomic mass is 10.00. The van der Waals surface area contributed by atoms with Crippen molar-refractivity contribution in [2.45, 2.75) is 19.9 Å². The zero-order chi connectivity index (χ0) is 23.5. The fraction of sp³-hybridized carbons (Fsp3) is 0.292. The lowest BCUT2D eigenvalue weighted by Gasteiger charge is -2.29. The van der Waals surface area contributed by atoms with Crippen molar-refractivity contribution in [3.63, 3.8) is 0 Å². The van der Waals surface area contributed by atoms with Gasteiger partial charge in [-0.1, -0.05) is 24.3 Å². The molecule has 0 N–H and O–H groups in total. The Balaban J connectivity index is 1.48. The third-order valence-electron chi connectivity index (χ3n) is 5.49. The van der Waals surface area contributed by atoms with E-state index in [-0.39, 0.29) is 17.4 Å². The van der Waals surface area contributed by atoms with E-state index in [0.29, 0.717) is 41.2 Å². The van der Waals surface area contributed by atoms with Crippen molar-refractivity contribution in [1.82, 2.24) is 9.80 Å². The van der Waals surface area contributed by atoms with Gasteiger partial charge in [-0.2, -0.15) is 0 Å². The number of thioether (sulfide) groups is 1. The smallest absolute Gasteiger partial charge is 0.294 e. The monoisotopic (exact) mass is 530 g/mol. The molecule has 1 saturated heterocycles. The van der Waals surface area contributed by atoms with E-state index in [0.717, 1.165) is 28.6 Å². The largest absolute Gasteiger partial charge is 0.493 e. The van der Waals surface area contributed by atoms with Crippen LogP contribution in [0.15, 0.2) is 45.8 Å². The second-order valence-corrected chi connectivity index (χ2v) is 9.42. The normalized spacial score (nSPS) is 16.9. The number of nitrogens with zero attached hydrogens (tertiary/aromatic N) is 2. The number of hydrogen-bond acceptors (Lipinski definition) is 6. The van der Waals surface area contributed by atoms with Crippen LogP contribution < -0.4 is 9.47 Å². The highest BCUT2D eigenvalue weighted by atomic mass is 79.9. The second-order valence-electron chi connectivity index (χ2n) is 7.57. The molecule has 2 aliphatic rings. The average molecular weight is 531 g/mol. The summed E-state index contributed by atoms with van der Waals surface area (Å²) < 4.78 is 11.7. The van der Waals surface area contributed by atoms with E-state index < -0.39 is 11.1 Å². The first-order valence-corrected chi connectivity index (χ1v) is 12.1. The number of carbonyl (C=O) groups excluding carboxylic acids is 3. The number of amides is 3. The molecule has 0 unspecified atom stereocenters. The highest BCUT2D eigenvalue weighted by Crippen LogP contribution is 2.39. The van der Waals surface area contributed by atoms with Crippen molar-refractivity contribution in [2.24, 2.45) is 0 Å². The van der Waals surface area contributed by atoms with E-state index >= 15 is 0 Å². The molecule has 2 heterocycles. The third-order valence-corrected chi connectivity index (χ3v) is 6.98. The summed E-state index contributed by atoms with van der Waals surface area (Å²) in [6.45, 7) is 3.15. The molecule has 2 aliphatic heterocycles. The number of benzene rings is 2. The van der Waals surface area contributed by atoms with Crippen LogP contribution in [0.5, 0.6) is 11.5 Å². The van der Waals surface area contributed by atoms with E-state index in [1.807, 2.05) is 25.1 Å². The van der Waals surface area contributed by atoms with E-state index in [9.17, 15) is 14.4 Å². The Bertz CT molecular complexity index is 1150. The molecule has 4 rings (SSSR count). The lowest BCUT2D eigenvalue weighted by molar-refractivity contribution is -0.136. The predicted octanol–water partition coefficient (Wildman–Crippen LogP) is 4.48. The van der Waals surface area contributed by atoms with Crippen LogP contribution in [0, 0.1) is 0 Å². The summed E-state index contributed by atoms with van der Waals surface area (Å²) in [5.41, 5.74) is 3.00. The van der Waals surface area contributed by atoms with Gasteiger partial charge in [0.25, 0.3) is 11.1 Å². The molecular weight excluding hydrogens is 508 g/mol. The molecule has 9 heteroatoms. The summed E-state index contributed by atoms with van der Waals surface area (Å²) in [7, 11) is 1.53. The maximum atomic E-state index is 12.9. The highest BCUT2D eigenvalue weighted by molar-refractivity contribution is 9.10. The number of imide groups is 1. The van der Waals surface area contributed by atoms with Gasteiger partial charge in [-0.25, -0.2) is 0 Å². The van der Waals surface area contributed by atoms with Crippen LogP contribution >= 0.6 is 27.7 Å². The fourth-order valence-electron chi connectivity index (χ4n) is 3.84. The van der Waals surface area contributed by atoms with Crippen molar-refractivity contribution < 1.29 is 23.9 Å². The van der Waals surface area contributed by atoms with E-state index in [4.69, 9.17) is 9.47 Å². The molecule has 0 saturated carbocycles. The molecule has 2 aromatic carbocycles. The number of rotatable bonds is 6. The van der Waals surface area contributed by atoms with Gasteiger partial charge in [-0.05, 0) is 75.9 Å². The predicted molar refractivity (Wildman–Crippen MR) is 130 cm³/mol. The van der Waals surface area contributed by atoms with Crippen LogP contribution in [0.1, 0.15) is 23.6 Å². The van der Waals surface area contributed by atoms with Gasteiger partial charge in [0.2, 0.25) is 5.91 Å². The van der Waals surface area contributed by atoms with Crippen LogP contribution in [-0.2, 0) is 22.6 Å². The Morgan fingerprint density at radius 1 is 1.21 bits per heavy atom. The van der Waals surface area contributed by atoms with Gasteiger partial charge in [0.15, 0.2) is 11.5 Å². The molecule has 33 heavy (non-hydrogen) atoms. The molecule has 0 aromatic heterocycles. The van der Waals surface area contributed by atoms with Crippen LogP contribution in [0.25, 0.3) is 6.08 Å². The molecular formula is C24H23BrN2O5S.